The van der Waals surface area contributed by atoms with Gasteiger partial charge in [-0.05, 0) is 63.9 Å². The van der Waals surface area contributed by atoms with Crippen LogP contribution in [-0.4, -0.2) is 7.11 Å². The minimum atomic E-state index is 0.439. The van der Waals surface area contributed by atoms with E-state index in [-0.39, 0.29) is 0 Å². The summed E-state index contributed by atoms with van der Waals surface area (Å²) in [4.78, 5) is 0. The molecule has 28 heavy (non-hydrogen) atoms. The van der Waals surface area contributed by atoms with Gasteiger partial charge in [-0.2, -0.15) is 0 Å². The van der Waals surface area contributed by atoms with Crippen molar-refractivity contribution in [2.75, 3.05) is 12.4 Å². The molecule has 0 saturated carbocycles. The van der Waals surface area contributed by atoms with Crippen LogP contribution in [0.15, 0.2) is 66.7 Å². The van der Waals surface area contributed by atoms with Gasteiger partial charge in [-0.1, -0.05) is 70.2 Å². The first-order valence-electron chi connectivity index (χ1n) is 10.1. The Balaban J connectivity index is 2.00. The number of nitrogens with one attached hydrogen (secondary N) is 1. The van der Waals surface area contributed by atoms with Crippen LogP contribution in [0, 0.1) is 0 Å². The Hall–Kier alpha value is -2.74. The van der Waals surface area contributed by atoms with E-state index in [9.17, 15) is 0 Å². The van der Waals surface area contributed by atoms with Gasteiger partial charge in [0.1, 0.15) is 5.75 Å². The summed E-state index contributed by atoms with van der Waals surface area (Å²) in [5.74, 6) is 1.77. The Morgan fingerprint density at radius 1 is 0.750 bits per heavy atom. The van der Waals surface area contributed by atoms with E-state index >= 15 is 0 Å². The maximum atomic E-state index is 5.37. The lowest BCUT2D eigenvalue weighted by molar-refractivity contribution is 0.414. The molecule has 0 fully saturated rings. The molecule has 0 aliphatic rings. The van der Waals surface area contributed by atoms with Gasteiger partial charge in [-0.25, -0.2) is 0 Å². The highest BCUT2D eigenvalue weighted by molar-refractivity contribution is 5.72. The number of anilines is 1. The number of hydrogen-bond acceptors (Lipinski definition) is 2. The average molecular weight is 374 g/mol. The van der Waals surface area contributed by atoms with E-state index in [0.717, 1.165) is 12.3 Å². The number of methoxy groups -OCH3 is 1. The van der Waals surface area contributed by atoms with Gasteiger partial charge in [0.15, 0.2) is 0 Å². The Morgan fingerprint density at radius 3 is 1.96 bits per heavy atom. The van der Waals surface area contributed by atoms with Gasteiger partial charge in [-0.3, -0.25) is 0 Å². The van der Waals surface area contributed by atoms with Crippen molar-refractivity contribution in [2.45, 2.75) is 46.1 Å². The molecule has 0 aliphatic carbocycles. The van der Waals surface area contributed by atoms with E-state index in [1.165, 1.54) is 33.5 Å². The van der Waals surface area contributed by atoms with Gasteiger partial charge in [0.25, 0.3) is 0 Å². The molecule has 146 valence electrons. The molecular formula is C26H31NO. The zero-order valence-corrected chi connectivity index (χ0v) is 17.6. The number of rotatable bonds is 7. The van der Waals surface area contributed by atoms with Crippen molar-refractivity contribution in [2.24, 2.45) is 0 Å². The SMILES string of the molecule is COc1cccc(CNc2c(C(C)C)cc(-c3ccccc3)cc2C(C)C)c1. The monoisotopic (exact) mass is 373 g/mol. The Labute approximate surface area is 169 Å². The van der Waals surface area contributed by atoms with Crippen LogP contribution in [-0.2, 0) is 6.54 Å². The topological polar surface area (TPSA) is 21.3 Å². The predicted molar refractivity (Wildman–Crippen MR) is 120 cm³/mol. The van der Waals surface area contributed by atoms with Crippen molar-refractivity contribution in [1.29, 1.82) is 0 Å². The summed E-state index contributed by atoms with van der Waals surface area (Å²) >= 11 is 0. The lowest BCUT2D eigenvalue weighted by Crippen LogP contribution is -2.08. The third kappa shape index (κ3) is 4.56. The third-order valence-corrected chi connectivity index (χ3v) is 5.15. The molecule has 0 unspecified atom stereocenters. The minimum absolute atomic E-state index is 0.439. The Morgan fingerprint density at radius 2 is 1.39 bits per heavy atom. The molecule has 2 nitrogen and oxygen atoms in total. The largest absolute Gasteiger partial charge is 0.497 e. The van der Waals surface area contributed by atoms with Crippen LogP contribution in [0.4, 0.5) is 5.69 Å². The Bertz CT molecular complexity index is 884. The highest BCUT2D eigenvalue weighted by Crippen LogP contribution is 2.37. The van der Waals surface area contributed by atoms with Gasteiger partial charge >= 0.3 is 0 Å². The smallest absolute Gasteiger partial charge is 0.119 e. The minimum Gasteiger partial charge on any atom is -0.497 e. The highest BCUT2D eigenvalue weighted by atomic mass is 16.5. The molecule has 3 rings (SSSR count). The molecule has 0 aromatic heterocycles. The number of ether oxygens (including phenoxy) is 1. The van der Waals surface area contributed by atoms with E-state index < -0.39 is 0 Å². The van der Waals surface area contributed by atoms with Crippen molar-refractivity contribution in [3.8, 4) is 16.9 Å². The molecular weight excluding hydrogens is 342 g/mol. The second kappa shape index (κ2) is 8.97. The molecule has 0 radical (unpaired) electrons. The van der Waals surface area contributed by atoms with Crippen LogP contribution >= 0.6 is 0 Å². The molecule has 0 saturated heterocycles. The van der Waals surface area contributed by atoms with Crippen LogP contribution in [0.1, 0.15) is 56.2 Å². The van der Waals surface area contributed by atoms with Gasteiger partial charge in [0, 0.05) is 12.2 Å². The molecule has 0 bridgehead atoms. The predicted octanol–water partition coefficient (Wildman–Crippen LogP) is 7.22. The molecule has 0 heterocycles. The third-order valence-electron chi connectivity index (χ3n) is 5.15. The van der Waals surface area contributed by atoms with Crippen molar-refractivity contribution in [3.63, 3.8) is 0 Å². The summed E-state index contributed by atoms with van der Waals surface area (Å²) in [5.41, 5.74) is 7.79. The molecule has 0 aliphatic heterocycles. The summed E-state index contributed by atoms with van der Waals surface area (Å²) in [5, 5.41) is 3.74. The van der Waals surface area contributed by atoms with Crippen molar-refractivity contribution < 1.29 is 4.74 Å². The highest BCUT2D eigenvalue weighted by Gasteiger charge is 2.16. The lowest BCUT2D eigenvalue weighted by atomic mass is 9.88. The first-order valence-corrected chi connectivity index (χ1v) is 10.1. The van der Waals surface area contributed by atoms with E-state index in [0.29, 0.717) is 11.8 Å². The first kappa shape index (κ1) is 20.0. The van der Waals surface area contributed by atoms with Crippen LogP contribution in [0.2, 0.25) is 0 Å². The molecule has 0 spiro atoms. The van der Waals surface area contributed by atoms with Crippen LogP contribution < -0.4 is 10.1 Å². The second-order valence-electron chi connectivity index (χ2n) is 7.91. The fourth-order valence-electron chi connectivity index (χ4n) is 3.57. The Kier molecular flexibility index (Phi) is 6.41. The number of benzene rings is 3. The molecule has 0 amide bonds. The standard InChI is InChI=1S/C26H31NO/c1-18(2)24-15-22(21-11-7-6-8-12-21)16-25(19(3)4)26(24)27-17-20-10-9-13-23(14-20)28-5/h6-16,18-19,27H,17H2,1-5H3. The first-order chi connectivity index (χ1) is 13.5. The maximum absolute atomic E-state index is 5.37. The van der Waals surface area contributed by atoms with Crippen LogP contribution in [0.5, 0.6) is 5.75 Å². The average Bonchev–Trinajstić information content (AvgIpc) is 2.72. The lowest BCUT2D eigenvalue weighted by Gasteiger charge is -2.23. The zero-order chi connectivity index (χ0) is 20.1. The fourth-order valence-corrected chi connectivity index (χ4v) is 3.57. The summed E-state index contributed by atoms with van der Waals surface area (Å²) in [6, 6.07) is 23.6. The van der Waals surface area contributed by atoms with Crippen LogP contribution in [0.25, 0.3) is 11.1 Å². The van der Waals surface area contributed by atoms with E-state index in [1.54, 1.807) is 7.11 Å². The van der Waals surface area contributed by atoms with E-state index in [2.05, 4.69) is 87.6 Å². The molecule has 3 aromatic carbocycles. The molecule has 1 N–H and O–H groups in total. The normalized spacial score (nSPS) is 11.1. The van der Waals surface area contributed by atoms with Gasteiger partial charge in [0.2, 0.25) is 0 Å². The summed E-state index contributed by atoms with van der Waals surface area (Å²) < 4.78 is 5.37. The van der Waals surface area contributed by atoms with Crippen molar-refractivity contribution in [1.82, 2.24) is 0 Å². The van der Waals surface area contributed by atoms with Gasteiger partial charge in [0.05, 0.1) is 7.11 Å². The number of hydrogen-bond donors (Lipinski definition) is 1. The van der Waals surface area contributed by atoms with Crippen molar-refractivity contribution in [3.05, 3.63) is 83.4 Å². The molecule has 3 aromatic rings. The van der Waals surface area contributed by atoms with E-state index in [4.69, 9.17) is 4.74 Å². The quantitative estimate of drug-likeness (QED) is 0.472. The van der Waals surface area contributed by atoms with Gasteiger partial charge < -0.3 is 10.1 Å². The van der Waals surface area contributed by atoms with Gasteiger partial charge in [-0.15, -0.1) is 0 Å². The fraction of sp³-hybridized carbons (Fsp3) is 0.308. The second-order valence-corrected chi connectivity index (χ2v) is 7.91. The maximum Gasteiger partial charge on any atom is 0.119 e. The summed E-state index contributed by atoms with van der Waals surface area (Å²) in [7, 11) is 1.71. The van der Waals surface area contributed by atoms with Crippen LogP contribution in [0.3, 0.4) is 0 Å². The molecule has 0 atom stereocenters. The molecule has 2 heteroatoms. The summed E-state index contributed by atoms with van der Waals surface area (Å²) in [6.45, 7) is 9.85. The van der Waals surface area contributed by atoms with Crippen molar-refractivity contribution >= 4 is 5.69 Å². The van der Waals surface area contributed by atoms with E-state index in [1.807, 2.05) is 12.1 Å². The zero-order valence-electron chi connectivity index (χ0n) is 17.6. The summed E-state index contributed by atoms with van der Waals surface area (Å²) in [6.07, 6.45) is 0.